The van der Waals surface area contributed by atoms with Gasteiger partial charge in [-0.1, -0.05) is 24.3 Å². The second-order valence-electron chi connectivity index (χ2n) is 8.99. The maximum absolute atomic E-state index is 4.88. The third-order valence-electron chi connectivity index (χ3n) is 6.87. The van der Waals surface area contributed by atoms with Crippen LogP contribution in [0.4, 0.5) is 17.3 Å². The molecule has 6 heteroatoms. The SMILES string of the molecule is CN1CCN(c2ccc(Nc3ncc4ccn(C5Cc6ccccc6C5)c4n3)cc2)CC1. The topological polar surface area (TPSA) is 49.2 Å². The summed E-state index contributed by atoms with van der Waals surface area (Å²) in [6.45, 7) is 4.37. The van der Waals surface area contributed by atoms with E-state index in [4.69, 9.17) is 4.98 Å². The zero-order valence-corrected chi connectivity index (χ0v) is 18.4. The van der Waals surface area contributed by atoms with Gasteiger partial charge in [-0.25, -0.2) is 4.98 Å². The van der Waals surface area contributed by atoms with Gasteiger partial charge in [-0.2, -0.15) is 4.98 Å². The van der Waals surface area contributed by atoms with Crippen molar-refractivity contribution in [2.24, 2.45) is 0 Å². The van der Waals surface area contributed by atoms with Crippen LogP contribution in [0.15, 0.2) is 67.0 Å². The van der Waals surface area contributed by atoms with Crippen LogP contribution in [0.3, 0.4) is 0 Å². The Balaban J connectivity index is 1.20. The second-order valence-corrected chi connectivity index (χ2v) is 8.99. The second kappa shape index (κ2) is 7.95. The number of rotatable bonds is 4. The fourth-order valence-corrected chi connectivity index (χ4v) is 4.97. The molecule has 0 bridgehead atoms. The van der Waals surface area contributed by atoms with E-state index in [0.29, 0.717) is 12.0 Å². The summed E-state index contributed by atoms with van der Waals surface area (Å²) < 4.78 is 2.32. The normalized spacial score (nSPS) is 17.1. The van der Waals surface area contributed by atoms with E-state index >= 15 is 0 Å². The highest BCUT2D eigenvalue weighted by molar-refractivity contribution is 5.77. The van der Waals surface area contributed by atoms with E-state index in [1.54, 1.807) is 0 Å². The van der Waals surface area contributed by atoms with Crippen molar-refractivity contribution in [2.75, 3.05) is 43.4 Å². The highest BCUT2D eigenvalue weighted by Gasteiger charge is 2.24. The average Bonchev–Trinajstić information content (AvgIpc) is 3.44. The molecule has 6 nitrogen and oxygen atoms in total. The van der Waals surface area contributed by atoms with Crippen LogP contribution in [0.5, 0.6) is 0 Å². The van der Waals surface area contributed by atoms with Crippen molar-refractivity contribution in [1.82, 2.24) is 19.4 Å². The lowest BCUT2D eigenvalue weighted by molar-refractivity contribution is 0.313. The zero-order chi connectivity index (χ0) is 21.5. The van der Waals surface area contributed by atoms with E-state index in [0.717, 1.165) is 55.7 Å². The molecule has 0 amide bonds. The Morgan fingerprint density at radius 1 is 0.875 bits per heavy atom. The van der Waals surface area contributed by atoms with Gasteiger partial charge in [0.1, 0.15) is 5.65 Å². The Kier molecular flexibility index (Phi) is 4.80. The van der Waals surface area contributed by atoms with Crippen molar-refractivity contribution in [2.45, 2.75) is 18.9 Å². The molecule has 0 atom stereocenters. The summed E-state index contributed by atoms with van der Waals surface area (Å²) in [6, 6.07) is 19.9. The highest BCUT2D eigenvalue weighted by atomic mass is 15.2. The summed E-state index contributed by atoms with van der Waals surface area (Å²) >= 11 is 0. The average molecular weight is 425 g/mol. The summed E-state index contributed by atoms with van der Waals surface area (Å²) in [5, 5.41) is 4.48. The molecule has 2 aliphatic rings. The molecule has 2 aromatic heterocycles. The van der Waals surface area contributed by atoms with E-state index in [1.807, 2.05) is 6.20 Å². The maximum atomic E-state index is 4.88. The first-order chi connectivity index (χ1) is 15.7. The predicted molar refractivity (Wildman–Crippen MR) is 130 cm³/mol. The predicted octanol–water partition coefficient (Wildman–Crippen LogP) is 4.27. The number of likely N-dealkylation sites (N-methyl/N-ethyl adjacent to an activating group) is 1. The molecule has 32 heavy (non-hydrogen) atoms. The van der Waals surface area contributed by atoms with Crippen LogP contribution in [0.2, 0.25) is 0 Å². The number of hydrogen-bond acceptors (Lipinski definition) is 5. The summed E-state index contributed by atoms with van der Waals surface area (Å²) in [5.41, 5.74) is 6.18. The van der Waals surface area contributed by atoms with Crippen molar-refractivity contribution in [1.29, 1.82) is 0 Å². The molecule has 1 saturated heterocycles. The van der Waals surface area contributed by atoms with Crippen molar-refractivity contribution in [3.63, 3.8) is 0 Å². The summed E-state index contributed by atoms with van der Waals surface area (Å²) in [7, 11) is 2.18. The third kappa shape index (κ3) is 3.60. The van der Waals surface area contributed by atoms with Gasteiger partial charge in [0.05, 0.1) is 0 Å². The van der Waals surface area contributed by atoms with Gasteiger partial charge in [0, 0.05) is 61.4 Å². The van der Waals surface area contributed by atoms with Crippen molar-refractivity contribution < 1.29 is 0 Å². The molecule has 3 heterocycles. The highest BCUT2D eigenvalue weighted by Crippen LogP contribution is 2.32. The fourth-order valence-electron chi connectivity index (χ4n) is 4.97. The molecule has 1 fully saturated rings. The Labute approximate surface area is 188 Å². The minimum Gasteiger partial charge on any atom is -0.369 e. The number of piperazine rings is 1. The Morgan fingerprint density at radius 3 is 2.31 bits per heavy atom. The van der Waals surface area contributed by atoms with Gasteiger partial charge < -0.3 is 19.7 Å². The number of fused-ring (bicyclic) bond motifs is 2. The van der Waals surface area contributed by atoms with Crippen molar-refractivity contribution in [3.05, 3.63) is 78.1 Å². The van der Waals surface area contributed by atoms with Crippen LogP contribution >= 0.6 is 0 Å². The van der Waals surface area contributed by atoms with Crippen LogP contribution in [0.1, 0.15) is 17.2 Å². The van der Waals surface area contributed by atoms with E-state index in [1.165, 1.54) is 16.8 Å². The minimum absolute atomic E-state index is 0.413. The number of anilines is 3. The van der Waals surface area contributed by atoms with Crippen LogP contribution in [0.25, 0.3) is 11.0 Å². The van der Waals surface area contributed by atoms with Gasteiger partial charge >= 0.3 is 0 Å². The fraction of sp³-hybridized carbons (Fsp3) is 0.308. The number of hydrogen-bond donors (Lipinski definition) is 1. The number of benzene rings is 2. The molecule has 162 valence electrons. The lowest BCUT2D eigenvalue weighted by atomic mass is 10.1. The third-order valence-corrected chi connectivity index (χ3v) is 6.87. The van der Waals surface area contributed by atoms with Crippen molar-refractivity contribution in [3.8, 4) is 0 Å². The number of nitrogens with one attached hydrogen (secondary N) is 1. The Bertz CT molecular complexity index is 1210. The smallest absolute Gasteiger partial charge is 0.229 e. The number of aromatic nitrogens is 3. The van der Waals surface area contributed by atoms with Gasteiger partial charge in [0.25, 0.3) is 0 Å². The summed E-state index contributed by atoms with van der Waals surface area (Å²) in [5.74, 6) is 0.639. The van der Waals surface area contributed by atoms with Crippen molar-refractivity contribution >= 4 is 28.4 Å². The largest absolute Gasteiger partial charge is 0.369 e. The van der Waals surface area contributed by atoms with Gasteiger partial charge in [0.2, 0.25) is 5.95 Å². The Hall–Kier alpha value is -3.38. The molecule has 1 aliphatic carbocycles. The minimum atomic E-state index is 0.413. The first-order valence-electron chi connectivity index (χ1n) is 11.4. The standard InChI is InChI=1S/C26H28N6/c1-30-12-14-31(15-13-30)23-8-6-22(7-9-23)28-26-27-18-21-10-11-32(25(21)29-26)24-16-19-4-2-3-5-20(19)17-24/h2-11,18,24H,12-17H2,1H3,(H,27,28,29). The molecule has 4 aromatic rings. The van der Waals surface area contributed by atoms with Crippen LogP contribution in [-0.2, 0) is 12.8 Å². The molecule has 2 aromatic carbocycles. The van der Waals surface area contributed by atoms with E-state index in [9.17, 15) is 0 Å². The molecule has 0 spiro atoms. The molecule has 0 radical (unpaired) electrons. The molecule has 0 unspecified atom stereocenters. The Morgan fingerprint density at radius 2 is 1.59 bits per heavy atom. The van der Waals surface area contributed by atoms with E-state index in [-0.39, 0.29) is 0 Å². The first-order valence-corrected chi connectivity index (χ1v) is 11.4. The van der Waals surface area contributed by atoms with Gasteiger partial charge in [-0.05, 0) is 61.3 Å². The van der Waals surface area contributed by atoms with Gasteiger partial charge in [-0.15, -0.1) is 0 Å². The molecule has 1 N–H and O–H groups in total. The van der Waals surface area contributed by atoms with Gasteiger partial charge in [0.15, 0.2) is 0 Å². The lowest BCUT2D eigenvalue weighted by Gasteiger charge is -2.34. The van der Waals surface area contributed by atoms with E-state index in [2.05, 4.69) is 92.5 Å². The summed E-state index contributed by atoms with van der Waals surface area (Å²) in [4.78, 5) is 14.3. The number of nitrogens with zero attached hydrogens (tertiary/aromatic N) is 5. The molecular weight excluding hydrogens is 396 g/mol. The quantitative estimate of drug-likeness (QED) is 0.530. The zero-order valence-electron chi connectivity index (χ0n) is 18.4. The molecule has 6 rings (SSSR count). The lowest BCUT2D eigenvalue weighted by Crippen LogP contribution is -2.44. The van der Waals surface area contributed by atoms with E-state index < -0.39 is 0 Å². The monoisotopic (exact) mass is 424 g/mol. The van der Waals surface area contributed by atoms with Crippen LogP contribution in [0, 0.1) is 0 Å². The maximum Gasteiger partial charge on any atom is 0.229 e. The summed E-state index contributed by atoms with van der Waals surface area (Å²) in [6.07, 6.45) is 6.19. The molecule has 0 saturated carbocycles. The van der Waals surface area contributed by atoms with Crippen LogP contribution < -0.4 is 10.2 Å². The molecular formula is C26H28N6. The van der Waals surface area contributed by atoms with Gasteiger partial charge in [-0.3, -0.25) is 0 Å². The first kappa shape index (κ1) is 19.3. The van der Waals surface area contributed by atoms with Crippen LogP contribution in [-0.4, -0.2) is 52.7 Å². The molecule has 1 aliphatic heterocycles.